The number of nitrogens with zero attached hydrogens (tertiary/aromatic N) is 1. The average Bonchev–Trinajstić information content (AvgIpc) is 3.21. The van der Waals surface area contributed by atoms with E-state index in [0.717, 1.165) is 25.7 Å². The topological polar surface area (TPSA) is 111 Å². The number of primary amides is 1. The number of carbonyl (C=O) groups excluding carboxylic acids is 3. The zero-order chi connectivity index (χ0) is 18.3. The number of fused-ring (bicyclic) bond motifs is 2. The molecule has 1 unspecified atom stereocenters. The molecular weight excluding hydrogens is 338 g/mol. The fraction of sp³-hybridized carbons (Fsp3) is 0.833. The second kappa shape index (κ2) is 6.81. The van der Waals surface area contributed by atoms with Crippen molar-refractivity contribution in [3.63, 3.8) is 0 Å². The minimum Gasteiger partial charge on any atom is -0.381 e. The maximum Gasteiger partial charge on any atom is 0.228 e. The van der Waals surface area contributed by atoms with Gasteiger partial charge in [0.15, 0.2) is 0 Å². The molecule has 0 radical (unpaired) electrons. The molecule has 0 aromatic carbocycles. The van der Waals surface area contributed by atoms with E-state index in [4.69, 9.17) is 15.2 Å². The molecule has 2 bridgehead atoms. The Bertz CT molecular complexity index is 604. The van der Waals surface area contributed by atoms with Gasteiger partial charge < -0.3 is 25.4 Å². The molecular formula is C18H27N3O5. The van der Waals surface area contributed by atoms with Crippen molar-refractivity contribution in [1.82, 2.24) is 10.2 Å². The van der Waals surface area contributed by atoms with Gasteiger partial charge in [-0.1, -0.05) is 0 Å². The van der Waals surface area contributed by atoms with Crippen LogP contribution in [0.5, 0.6) is 0 Å². The molecule has 0 saturated carbocycles. The number of nitrogens with one attached hydrogen (secondary N) is 1. The summed E-state index contributed by atoms with van der Waals surface area (Å²) < 4.78 is 11.3. The van der Waals surface area contributed by atoms with E-state index in [1.807, 2.05) is 4.90 Å². The second-order valence-corrected chi connectivity index (χ2v) is 8.16. The maximum absolute atomic E-state index is 12.8. The molecule has 4 saturated heterocycles. The summed E-state index contributed by atoms with van der Waals surface area (Å²) in [7, 11) is 0. The standard InChI is InChI=1S/C18H27N3O5/c19-15(22)3-5-20-16(23)13-8-25-6-4-18(13)9-21(10-18)17(24)12-7-11-1-2-14(12)26-11/h11-14H,1-10H2,(H2,19,22)(H,20,23)/t11-,12-,13?,14-/m0/s1. The van der Waals surface area contributed by atoms with E-state index in [1.54, 1.807) is 0 Å². The first-order valence-corrected chi connectivity index (χ1v) is 9.56. The molecule has 4 heterocycles. The van der Waals surface area contributed by atoms with Crippen LogP contribution < -0.4 is 11.1 Å². The fourth-order valence-electron chi connectivity index (χ4n) is 4.99. The van der Waals surface area contributed by atoms with E-state index in [-0.39, 0.29) is 54.2 Å². The Morgan fingerprint density at radius 2 is 2.04 bits per heavy atom. The van der Waals surface area contributed by atoms with Crippen molar-refractivity contribution >= 4 is 17.7 Å². The molecule has 1 spiro atoms. The van der Waals surface area contributed by atoms with Crippen molar-refractivity contribution in [3.05, 3.63) is 0 Å². The number of amides is 3. The zero-order valence-corrected chi connectivity index (χ0v) is 14.9. The SMILES string of the molecule is NC(=O)CCNC(=O)C1COCCC12CN(C(=O)[C@H]1C[C@@H]3CC[C@@H]1O3)C2. The molecule has 8 nitrogen and oxygen atoms in total. The highest BCUT2D eigenvalue weighted by Crippen LogP contribution is 2.47. The smallest absolute Gasteiger partial charge is 0.228 e. The summed E-state index contributed by atoms with van der Waals surface area (Å²) in [5, 5.41) is 2.79. The van der Waals surface area contributed by atoms with Crippen LogP contribution in [0.15, 0.2) is 0 Å². The zero-order valence-electron chi connectivity index (χ0n) is 14.9. The van der Waals surface area contributed by atoms with Crippen LogP contribution in [-0.2, 0) is 23.9 Å². The summed E-state index contributed by atoms with van der Waals surface area (Å²) in [6, 6.07) is 0. The van der Waals surface area contributed by atoms with E-state index in [2.05, 4.69) is 5.32 Å². The van der Waals surface area contributed by atoms with Crippen molar-refractivity contribution < 1.29 is 23.9 Å². The largest absolute Gasteiger partial charge is 0.381 e. The normalized spacial score (nSPS) is 34.5. The first-order valence-electron chi connectivity index (χ1n) is 9.56. The molecule has 8 heteroatoms. The average molecular weight is 365 g/mol. The minimum absolute atomic E-state index is 0.00576. The lowest BCUT2D eigenvalue weighted by molar-refractivity contribution is -0.172. The third-order valence-electron chi connectivity index (χ3n) is 6.50. The Kier molecular flexibility index (Phi) is 4.64. The Morgan fingerprint density at radius 1 is 1.23 bits per heavy atom. The number of likely N-dealkylation sites (tertiary alicyclic amines) is 1. The lowest BCUT2D eigenvalue weighted by Crippen LogP contribution is -2.67. The molecule has 3 N–H and O–H groups in total. The van der Waals surface area contributed by atoms with Crippen LogP contribution in [0.2, 0.25) is 0 Å². The summed E-state index contributed by atoms with van der Waals surface area (Å²) in [5.41, 5.74) is 4.91. The van der Waals surface area contributed by atoms with E-state index < -0.39 is 5.91 Å². The molecule has 0 aromatic heterocycles. The Hall–Kier alpha value is -1.67. The Balaban J connectivity index is 1.34. The van der Waals surface area contributed by atoms with E-state index >= 15 is 0 Å². The van der Waals surface area contributed by atoms with Crippen molar-refractivity contribution in [1.29, 1.82) is 0 Å². The third-order valence-corrected chi connectivity index (χ3v) is 6.50. The number of ether oxygens (including phenoxy) is 2. The van der Waals surface area contributed by atoms with Gasteiger partial charge >= 0.3 is 0 Å². The number of hydrogen-bond acceptors (Lipinski definition) is 5. The summed E-state index contributed by atoms with van der Waals surface area (Å²) in [4.78, 5) is 38.1. The van der Waals surface area contributed by atoms with Gasteiger partial charge in [0.05, 0.1) is 30.7 Å². The predicted octanol–water partition coefficient (Wildman–Crippen LogP) is -0.589. The number of carbonyl (C=O) groups is 3. The van der Waals surface area contributed by atoms with Gasteiger partial charge in [0.25, 0.3) is 0 Å². The molecule has 4 aliphatic heterocycles. The van der Waals surface area contributed by atoms with Crippen LogP contribution in [0.3, 0.4) is 0 Å². The molecule has 4 fully saturated rings. The van der Waals surface area contributed by atoms with Crippen molar-refractivity contribution in [2.24, 2.45) is 23.0 Å². The van der Waals surface area contributed by atoms with Gasteiger partial charge in [0.2, 0.25) is 17.7 Å². The van der Waals surface area contributed by atoms with Crippen molar-refractivity contribution in [3.8, 4) is 0 Å². The van der Waals surface area contributed by atoms with Gasteiger partial charge in [0.1, 0.15) is 0 Å². The predicted molar refractivity (Wildman–Crippen MR) is 90.8 cm³/mol. The summed E-state index contributed by atoms with van der Waals surface area (Å²) in [6.45, 7) is 2.44. The molecule has 0 aromatic rings. The summed E-state index contributed by atoms with van der Waals surface area (Å²) in [5.74, 6) is -0.657. The van der Waals surface area contributed by atoms with E-state index in [0.29, 0.717) is 26.3 Å². The van der Waals surface area contributed by atoms with E-state index in [1.165, 1.54) is 0 Å². The number of nitrogens with two attached hydrogens (primary N) is 1. The lowest BCUT2D eigenvalue weighted by atomic mass is 9.65. The summed E-state index contributed by atoms with van der Waals surface area (Å²) >= 11 is 0. The van der Waals surface area contributed by atoms with Crippen molar-refractivity contribution in [2.75, 3.05) is 32.8 Å². The molecule has 4 atom stereocenters. The van der Waals surface area contributed by atoms with Crippen LogP contribution in [-0.4, -0.2) is 67.7 Å². The van der Waals surface area contributed by atoms with E-state index in [9.17, 15) is 14.4 Å². The van der Waals surface area contributed by atoms with Crippen molar-refractivity contribution in [2.45, 2.75) is 44.3 Å². The first-order chi connectivity index (χ1) is 12.5. The molecule has 3 amide bonds. The third kappa shape index (κ3) is 3.09. The van der Waals surface area contributed by atoms with Gasteiger partial charge in [-0.05, 0) is 25.7 Å². The highest BCUT2D eigenvalue weighted by molar-refractivity contribution is 5.84. The van der Waals surface area contributed by atoms with Crippen LogP contribution in [0.4, 0.5) is 0 Å². The Labute approximate surface area is 152 Å². The van der Waals surface area contributed by atoms with Gasteiger partial charge in [-0.2, -0.15) is 0 Å². The Morgan fingerprint density at radius 3 is 2.69 bits per heavy atom. The van der Waals surface area contributed by atoms with Crippen LogP contribution in [0, 0.1) is 17.3 Å². The second-order valence-electron chi connectivity index (χ2n) is 8.16. The fourth-order valence-corrected chi connectivity index (χ4v) is 4.99. The first kappa shape index (κ1) is 17.7. The van der Waals surface area contributed by atoms with Gasteiger partial charge in [-0.25, -0.2) is 0 Å². The molecule has 144 valence electrons. The molecule has 0 aliphatic carbocycles. The number of rotatable bonds is 5. The van der Waals surface area contributed by atoms with Crippen LogP contribution in [0.1, 0.15) is 32.1 Å². The van der Waals surface area contributed by atoms with Crippen LogP contribution in [0.25, 0.3) is 0 Å². The molecule has 26 heavy (non-hydrogen) atoms. The van der Waals surface area contributed by atoms with Crippen LogP contribution >= 0.6 is 0 Å². The maximum atomic E-state index is 12.8. The lowest BCUT2D eigenvalue weighted by Gasteiger charge is -2.56. The van der Waals surface area contributed by atoms with Gasteiger partial charge in [-0.3, -0.25) is 14.4 Å². The van der Waals surface area contributed by atoms with Gasteiger partial charge in [0, 0.05) is 38.1 Å². The highest BCUT2D eigenvalue weighted by Gasteiger charge is 2.56. The number of hydrogen-bond donors (Lipinski definition) is 2. The monoisotopic (exact) mass is 365 g/mol. The quantitative estimate of drug-likeness (QED) is 0.677. The van der Waals surface area contributed by atoms with Gasteiger partial charge in [-0.15, -0.1) is 0 Å². The highest BCUT2D eigenvalue weighted by atomic mass is 16.5. The summed E-state index contributed by atoms with van der Waals surface area (Å²) in [6.07, 6.45) is 4.15. The molecule has 4 rings (SSSR count). The minimum atomic E-state index is -0.437. The molecule has 4 aliphatic rings.